The highest BCUT2D eigenvalue weighted by molar-refractivity contribution is 5.77. The fourth-order valence-electron chi connectivity index (χ4n) is 5.44. The van der Waals surface area contributed by atoms with Crippen LogP contribution in [0.2, 0.25) is 0 Å². The van der Waals surface area contributed by atoms with Gasteiger partial charge in [-0.15, -0.1) is 0 Å². The molecule has 2 aliphatic rings. The van der Waals surface area contributed by atoms with Crippen LogP contribution in [0.25, 0.3) is 0 Å². The first-order valence-electron chi connectivity index (χ1n) is 15.8. The van der Waals surface area contributed by atoms with Gasteiger partial charge >= 0.3 is 0 Å². The number of rotatable bonds is 19. The van der Waals surface area contributed by atoms with Crippen LogP contribution in [0.3, 0.4) is 0 Å². The topological polar surface area (TPSA) is 265 Å². The highest BCUT2D eigenvalue weighted by Crippen LogP contribution is 2.25. The minimum Gasteiger partial charge on any atom is -0.394 e. The van der Waals surface area contributed by atoms with Crippen LogP contribution < -0.4 is 21.3 Å². The third-order valence-electron chi connectivity index (χ3n) is 7.89. The van der Waals surface area contributed by atoms with Gasteiger partial charge in [-0.1, -0.05) is 12.8 Å². The maximum absolute atomic E-state index is 12.1. The van der Waals surface area contributed by atoms with Crippen molar-refractivity contribution in [1.82, 2.24) is 21.3 Å². The first-order valence-corrected chi connectivity index (χ1v) is 15.8. The summed E-state index contributed by atoms with van der Waals surface area (Å²) in [6, 6.07) is -1.84. The number of amides is 4. The number of aliphatic hydroxyl groups is 6. The predicted octanol–water partition coefficient (Wildman–Crippen LogP) is -3.71. The van der Waals surface area contributed by atoms with E-state index < -0.39 is 80.2 Å². The summed E-state index contributed by atoms with van der Waals surface area (Å²) in [5.74, 6) is -1.20. The molecule has 6 unspecified atom stereocenters. The molecule has 17 heteroatoms. The lowest BCUT2D eigenvalue weighted by atomic mass is 9.90. The van der Waals surface area contributed by atoms with Gasteiger partial charge in [-0.05, 0) is 25.7 Å². The van der Waals surface area contributed by atoms with E-state index in [1.54, 1.807) is 0 Å². The highest BCUT2D eigenvalue weighted by Gasteiger charge is 2.46. The van der Waals surface area contributed by atoms with Crippen molar-refractivity contribution < 1.29 is 64.0 Å². The maximum atomic E-state index is 12.1. The lowest BCUT2D eigenvalue weighted by molar-refractivity contribution is -0.270. The van der Waals surface area contributed by atoms with Crippen molar-refractivity contribution in [2.45, 2.75) is 126 Å². The average Bonchev–Trinajstić information content (AvgIpc) is 3.01. The van der Waals surface area contributed by atoms with Crippen molar-refractivity contribution in [3.8, 4) is 0 Å². The van der Waals surface area contributed by atoms with E-state index in [2.05, 4.69) is 21.3 Å². The lowest BCUT2D eigenvalue weighted by Gasteiger charge is -2.42. The molecule has 10 N–H and O–H groups in total. The number of aliphatic hydroxyl groups excluding tert-OH is 6. The Morgan fingerprint density at radius 3 is 1.67 bits per heavy atom. The number of nitrogens with one attached hydrogen (secondary N) is 4. The zero-order valence-corrected chi connectivity index (χ0v) is 26.5. The van der Waals surface area contributed by atoms with Crippen LogP contribution in [0, 0.1) is 0 Å². The minimum atomic E-state index is -1.40. The van der Waals surface area contributed by atoms with E-state index in [0.29, 0.717) is 38.5 Å². The Hall–Kier alpha value is -2.48. The molecule has 2 aliphatic heterocycles. The molecule has 4 amide bonds. The van der Waals surface area contributed by atoms with Gasteiger partial charge in [0.25, 0.3) is 0 Å². The van der Waals surface area contributed by atoms with Crippen LogP contribution >= 0.6 is 0 Å². The molecule has 2 rings (SSSR count). The summed E-state index contributed by atoms with van der Waals surface area (Å²) in [5.41, 5.74) is 0. The summed E-state index contributed by atoms with van der Waals surface area (Å²) < 4.78 is 16.8. The second-order valence-corrected chi connectivity index (χ2v) is 11.7. The Bertz CT molecular complexity index is 886. The summed E-state index contributed by atoms with van der Waals surface area (Å²) in [7, 11) is 0. The summed E-state index contributed by atoms with van der Waals surface area (Å²) in [5, 5.41) is 70.1. The van der Waals surface area contributed by atoms with Gasteiger partial charge in [0, 0.05) is 46.4 Å². The molecule has 266 valence electrons. The molecule has 0 bridgehead atoms. The van der Waals surface area contributed by atoms with Crippen molar-refractivity contribution in [3.63, 3.8) is 0 Å². The summed E-state index contributed by atoms with van der Waals surface area (Å²) >= 11 is 0. The van der Waals surface area contributed by atoms with Crippen molar-refractivity contribution >= 4 is 23.6 Å². The highest BCUT2D eigenvalue weighted by atomic mass is 16.7. The molecule has 0 aromatic rings. The predicted molar refractivity (Wildman–Crippen MR) is 160 cm³/mol. The second-order valence-electron chi connectivity index (χ2n) is 11.7. The monoisotopic (exact) mass is 664 g/mol. The van der Waals surface area contributed by atoms with Gasteiger partial charge < -0.3 is 66.1 Å². The van der Waals surface area contributed by atoms with Gasteiger partial charge in [-0.3, -0.25) is 19.2 Å². The quantitative estimate of drug-likeness (QED) is 0.0597. The summed E-state index contributed by atoms with van der Waals surface area (Å²) in [4.78, 5) is 47.3. The van der Waals surface area contributed by atoms with Crippen LogP contribution in [0.5, 0.6) is 0 Å². The van der Waals surface area contributed by atoms with Gasteiger partial charge in [-0.2, -0.15) is 0 Å². The molecule has 0 aromatic heterocycles. The largest absolute Gasteiger partial charge is 0.394 e. The number of carbonyl (C=O) groups is 4. The minimum absolute atomic E-state index is 0.142. The third-order valence-corrected chi connectivity index (χ3v) is 7.89. The van der Waals surface area contributed by atoms with Crippen LogP contribution in [0.15, 0.2) is 0 Å². The number of carbonyl (C=O) groups excluding carboxylic acids is 4. The summed E-state index contributed by atoms with van der Waals surface area (Å²) in [6.45, 7) is 2.18. The number of unbranched alkanes of at least 4 members (excludes halogenated alkanes) is 3. The van der Waals surface area contributed by atoms with Crippen molar-refractivity contribution in [3.05, 3.63) is 0 Å². The van der Waals surface area contributed by atoms with Crippen LogP contribution in [0.1, 0.15) is 65.2 Å². The molecule has 0 radical (unpaired) electrons. The Morgan fingerprint density at radius 2 is 1.13 bits per heavy atom. The lowest BCUT2D eigenvalue weighted by Crippen LogP contribution is -2.64. The van der Waals surface area contributed by atoms with Crippen LogP contribution in [-0.2, 0) is 33.4 Å². The fourth-order valence-corrected chi connectivity index (χ4v) is 5.44. The normalized spacial score (nSPS) is 31.1. The van der Waals surface area contributed by atoms with Crippen LogP contribution in [-0.4, -0.2) is 148 Å². The van der Waals surface area contributed by atoms with Gasteiger partial charge in [0.2, 0.25) is 23.6 Å². The van der Waals surface area contributed by atoms with E-state index >= 15 is 0 Å². The van der Waals surface area contributed by atoms with E-state index in [4.69, 9.17) is 14.2 Å². The van der Waals surface area contributed by atoms with Crippen molar-refractivity contribution in [2.75, 3.05) is 32.9 Å². The van der Waals surface area contributed by atoms with Gasteiger partial charge in [0.1, 0.15) is 42.7 Å². The van der Waals surface area contributed by atoms with Gasteiger partial charge in [-0.25, -0.2) is 0 Å². The number of ether oxygens (including phenoxy) is 3. The average molecular weight is 665 g/mol. The standard InChI is InChI=1S/C29H52N4O13/c1-16(36)32-23-18(45-19(14-34)25(40)27(23)42)8-4-3-5-9-21(38)30-11-12-31-22(39)10-6-7-13-44-29-24(33-17(2)37)28(43)26(41)20(15-35)46-29/h18-20,23-29,34-35,40-43H,3-15H2,1-2H3,(H,30,38)(H,31,39)(H,32,36)(H,33,37)/t18-,19?,20?,23?,24?,25-,26-,27?,28?,29+/m0/s1. The SMILES string of the molecule is CC(=O)NC1C(O)[C@@H](O)C(CO)O[C@H]1OCCCCC(=O)NCCNC(=O)CCCCC[C@@H]1OC(CO)[C@H](O)C(O)C1NC(C)=O. The Kier molecular flexibility index (Phi) is 17.9. The molecule has 2 fully saturated rings. The van der Waals surface area contributed by atoms with E-state index in [1.807, 2.05) is 0 Å². The smallest absolute Gasteiger partial charge is 0.220 e. The Morgan fingerprint density at radius 1 is 0.630 bits per heavy atom. The van der Waals surface area contributed by atoms with E-state index in [1.165, 1.54) is 13.8 Å². The fraction of sp³-hybridized carbons (Fsp3) is 0.862. The van der Waals surface area contributed by atoms with E-state index in [0.717, 1.165) is 0 Å². The van der Waals surface area contributed by atoms with Gasteiger partial charge in [0.15, 0.2) is 6.29 Å². The molecule has 10 atom stereocenters. The number of hydrogen-bond donors (Lipinski definition) is 10. The first kappa shape index (κ1) is 39.7. The van der Waals surface area contributed by atoms with E-state index in [-0.39, 0.29) is 50.3 Å². The number of hydrogen-bond acceptors (Lipinski definition) is 13. The molecule has 2 heterocycles. The molecule has 46 heavy (non-hydrogen) atoms. The third kappa shape index (κ3) is 13.0. The summed E-state index contributed by atoms with van der Waals surface area (Å²) in [6.07, 6.45) is -5.34. The molecule has 0 spiro atoms. The molecular formula is C29H52N4O13. The zero-order valence-electron chi connectivity index (χ0n) is 26.5. The molecule has 2 saturated heterocycles. The Balaban J connectivity index is 1.55. The molecule has 0 aliphatic carbocycles. The second kappa shape index (κ2) is 20.7. The Labute approximate surface area is 268 Å². The van der Waals surface area contributed by atoms with Crippen molar-refractivity contribution in [1.29, 1.82) is 0 Å². The first-order chi connectivity index (χ1) is 21.9. The maximum Gasteiger partial charge on any atom is 0.220 e. The zero-order chi connectivity index (χ0) is 34.2. The van der Waals surface area contributed by atoms with Gasteiger partial charge in [0.05, 0.1) is 25.4 Å². The molecule has 0 saturated carbocycles. The van der Waals surface area contributed by atoms with Crippen LogP contribution in [0.4, 0.5) is 0 Å². The molecular weight excluding hydrogens is 612 g/mol. The molecule has 0 aromatic carbocycles. The van der Waals surface area contributed by atoms with E-state index in [9.17, 15) is 49.8 Å². The molecule has 17 nitrogen and oxygen atoms in total. The van der Waals surface area contributed by atoms with Crippen molar-refractivity contribution in [2.24, 2.45) is 0 Å².